The minimum Gasteiger partial charge on any atom is -0.381 e. The molecule has 0 saturated carbocycles. The molecule has 164 valence electrons. The number of phosphoric acid groups is 1. The minimum absolute atomic E-state index is 0.170. The minimum atomic E-state index is -3.84. The molecule has 0 aliphatic carbocycles. The fourth-order valence-electron chi connectivity index (χ4n) is 3.04. The molecule has 6 heteroatoms. The summed E-state index contributed by atoms with van der Waals surface area (Å²) in [6.07, 6.45) is 19.6. The van der Waals surface area contributed by atoms with Crippen molar-refractivity contribution in [3.63, 3.8) is 0 Å². The van der Waals surface area contributed by atoms with Gasteiger partial charge < -0.3 is 9.63 Å². The lowest BCUT2D eigenvalue weighted by molar-refractivity contribution is 0.102. The van der Waals surface area contributed by atoms with Crippen LogP contribution in [0.2, 0.25) is 0 Å². The molecule has 1 atom stereocenters. The van der Waals surface area contributed by atoms with E-state index in [0.29, 0.717) is 13.0 Å². The molecule has 27 heavy (non-hydrogen) atoms. The van der Waals surface area contributed by atoms with E-state index in [1.54, 1.807) is 6.92 Å². The highest BCUT2D eigenvalue weighted by atomic mass is 31.2. The molecule has 0 aromatic carbocycles. The fraction of sp³-hybridized carbons (Fsp3) is 1.00. The molecule has 0 spiro atoms. The molecule has 0 rings (SSSR count). The Hall–Kier alpha value is 0.0700. The second kappa shape index (κ2) is 20.8. The lowest BCUT2D eigenvalue weighted by Gasteiger charge is -2.10. The van der Waals surface area contributed by atoms with E-state index in [4.69, 9.17) is 9.26 Å². The third-order valence-corrected chi connectivity index (χ3v) is 5.72. The number of hydrogen-bond acceptors (Lipinski definition) is 4. The molecule has 0 saturated heterocycles. The number of hydrogen-bond donors (Lipinski definition) is 1. The summed E-state index contributed by atoms with van der Waals surface area (Å²) in [5, 5.41) is 0. The summed E-state index contributed by atoms with van der Waals surface area (Å²) in [5.41, 5.74) is 0. The summed E-state index contributed by atoms with van der Waals surface area (Å²) in [4.78, 5) is 9.23. The Balaban J connectivity index is 3.10. The van der Waals surface area contributed by atoms with Gasteiger partial charge in [0.05, 0.1) is 13.2 Å². The lowest BCUT2D eigenvalue weighted by Crippen LogP contribution is -2.02. The van der Waals surface area contributed by atoms with Crippen LogP contribution in [0.3, 0.4) is 0 Å². The zero-order valence-corrected chi connectivity index (χ0v) is 18.9. The van der Waals surface area contributed by atoms with E-state index in [9.17, 15) is 9.46 Å². The van der Waals surface area contributed by atoms with Crippen molar-refractivity contribution in [2.75, 3.05) is 26.4 Å². The number of rotatable bonds is 22. The highest BCUT2D eigenvalue weighted by Gasteiger charge is 2.18. The number of phosphoric ester groups is 1. The van der Waals surface area contributed by atoms with Crippen molar-refractivity contribution in [3.05, 3.63) is 0 Å². The van der Waals surface area contributed by atoms with Crippen LogP contribution in [0, 0.1) is 0 Å². The summed E-state index contributed by atoms with van der Waals surface area (Å²) in [6, 6.07) is 0. The molecule has 5 nitrogen and oxygen atoms in total. The van der Waals surface area contributed by atoms with Gasteiger partial charge >= 0.3 is 7.82 Å². The molecule has 0 fully saturated rings. The summed E-state index contributed by atoms with van der Waals surface area (Å²) in [6.45, 7) is 5.61. The van der Waals surface area contributed by atoms with Crippen LogP contribution in [-0.4, -0.2) is 31.3 Å². The normalized spacial score (nSPS) is 13.7. The SMILES string of the molecule is CCCCCCCCCCCCCCCCOCCCOP(=O)(O)OCC. The number of ether oxygens (including phenoxy) is 1. The number of unbranched alkanes of at least 4 members (excludes halogenated alkanes) is 13. The quantitative estimate of drug-likeness (QED) is 0.154. The molecule has 1 unspecified atom stereocenters. The Morgan fingerprint density at radius 3 is 1.52 bits per heavy atom. The molecule has 0 radical (unpaired) electrons. The van der Waals surface area contributed by atoms with Crippen LogP contribution < -0.4 is 0 Å². The van der Waals surface area contributed by atoms with Gasteiger partial charge in [0.1, 0.15) is 0 Å². The van der Waals surface area contributed by atoms with Crippen LogP contribution in [0.1, 0.15) is 110 Å². The first-order valence-electron chi connectivity index (χ1n) is 11.3. The predicted octanol–water partition coefficient (Wildman–Crippen LogP) is 7.03. The van der Waals surface area contributed by atoms with Gasteiger partial charge in [0.25, 0.3) is 0 Å². The van der Waals surface area contributed by atoms with Gasteiger partial charge in [-0.2, -0.15) is 0 Å². The molecule has 0 aromatic rings. The first kappa shape index (κ1) is 27.1. The van der Waals surface area contributed by atoms with Gasteiger partial charge in [-0.15, -0.1) is 0 Å². The standard InChI is InChI=1S/C21H45O5P/c1-3-5-6-7-8-9-10-11-12-13-14-15-16-17-19-24-20-18-21-26-27(22,23)25-4-2/h3-21H2,1-2H3,(H,22,23). The van der Waals surface area contributed by atoms with Gasteiger partial charge in [-0.25, -0.2) is 4.57 Å². The highest BCUT2D eigenvalue weighted by molar-refractivity contribution is 7.47. The summed E-state index contributed by atoms with van der Waals surface area (Å²) in [5.74, 6) is 0. The first-order valence-corrected chi connectivity index (χ1v) is 12.8. The maximum Gasteiger partial charge on any atom is 0.472 e. The van der Waals surface area contributed by atoms with Gasteiger partial charge in [-0.05, 0) is 19.8 Å². The maximum absolute atomic E-state index is 11.3. The van der Waals surface area contributed by atoms with Crippen molar-refractivity contribution in [2.45, 2.75) is 110 Å². The molecule has 0 bridgehead atoms. The van der Waals surface area contributed by atoms with Crippen molar-refractivity contribution in [1.29, 1.82) is 0 Å². The second-order valence-electron chi connectivity index (χ2n) is 7.28. The molecular weight excluding hydrogens is 363 g/mol. The van der Waals surface area contributed by atoms with Gasteiger partial charge in [-0.1, -0.05) is 90.4 Å². The molecular formula is C21H45O5P. The van der Waals surface area contributed by atoms with E-state index < -0.39 is 7.82 Å². The van der Waals surface area contributed by atoms with E-state index in [-0.39, 0.29) is 13.2 Å². The van der Waals surface area contributed by atoms with Gasteiger partial charge in [-0.3, -0.25) is 9.05 Å². The monoisotopic (exact) mass is 408 g/mol. The molecule has 0 aromatic heterocycles. The topological polar surface area (TPSA) is 65.0 Å². The smallest absolute Gasteiger partial charge is 0.381 e. The van der Waals surface area contributed by atoms with Crippen molar-refractivity contribution in [3.8, 4) is 0 Å². The van der Waals surface area contributed by atoms with Crippen LogP contribution in [0.5, 0.6) is 0 Å². The Bertz CT molecular complexity index is 339. The van der Waals surface area contributed by atoms with Gasteiger partial charge in [0.2, 0.25) is 0 Å². The average Bonchev–Trinajstić information content (AvgIpc) is 2.63. The summed E-state index contributed by atoms with van der Waals surface area (Å²) in [7, 11) is -3.84. The maximum atomic E-state index is 11.3. The van der Waals surface area contributed by atoms with E-state index in [1.165, 1.54) is 83.5 Å². The molecule has 0 heterocycles. The molecule has 0 aliphatic rings. The largest absolute Gasteiger partial charge is 0.472 e. The van der Waals surface area contributed by atoms with Crippen LogP contribution in [-0.2, 0) is 18.3 Å². The molecule has 1 N–H and O–H groups in total. The Kier molecular flexibility index (Phi) is 20.8. The Morgan fingerprint density at radius 2 is 1.04 bits per heavy atom. The van der Waals surface area contributed by atoms with Crippen molar-refractivity contribution in [2.24, 2.45) is 0 Å². The zero-order chi connectivity index (χ0) is 20.1. The van der Waals surface area contributed by atoms with Crippen LogP contribution in [0.25, 0.3) is 0 Å². The third-order valence-electron chi connectivity index (χ3n) is 4.62. The Labute approximate surface area is 168 Å². The Morgan fingerprint density at radius 1 is 0.593 bits per heavy atom. The van der Waals surface area contributed by atoms with E-state index in [2.05, 4.69) is 11.4 Å². The zero-order valence-electron chi connectivity index (χ0n) is 18.0. The lowest BCUT2D eigenvalue weighted by atomic mass is 10.0. The van der Waals surface area contributed by atoms with Crippen LogP contribution in [0.15, 0.2) is 0 Å². The van der Waals surface area contributed by atoms with Crippen molar-refractivity contribution in [1.82, 2.24) is 0 Å². The van der Waals surface area contributed by atoms with E-state index in [1.807, 2.05) is 0 Å². The third kappa shape index (κ3) is 22.2. The first-order chi connectivity index (χ1) is 13.1. The van der Waals surface area contributed by atoms with Crippen LogP contribution >= 0.6 is 7.82 Å². The van der Waals surface area contributed by atoms with Gasteiger partial charge in [0.15, 0.2) is 0 Å². The average molecular weight is 409 g/mol. The van der Waals surface area contributed by atoms with Crippen molar-refractivity contribution < 1.29 is 23.2 Å². The van der Waals surface area contributed by atoms with Gasteiger partial charge in [0, 0.05) is 13.2 Å². The highest BCUT2D eigenvalue weighted by Crippen LogP contribution is 2.42. The van der Waals surface area contributed by atoms with Crippen molar-refractivity contribution >= 4 is 7.82 Å². The molecule has 0 amide bonds. The van der Waals surface area contributed by atoms with E-state index in [0.717, 1.165) is 13.0 Å². The van der Waals surface area contributed by atoms with E-state index >= 15 is 0 Å². The summed E-state index contributed by atoms with van der Waals surface area (Å²) >= 11 is 0. The summed E-state index contributed by atoms with van der Waals surface area (Å²) < 4.78 is 26.2. The predicted molar refractivity (Wildman–Crippen MR) is 113 cm³/mol. The van der Waals surface area contributed by atoms with Crippen LogP contribution in [0.4, 0.5) is 0 Å². The second-order valence-corrected chi connectivity index (χ2v) is 8.74. The molecule has 0 aliphatic heterocycles. The fourth-order valence-corrected chi connectivity index (χ4v) is 3.80.